The summed E-state index contributed by atoms with van der Waals surface area (Å²) in [6.45, 7) is 0. The molecule has 94 valence electrons. The fourth-order valence-corrected chi connectivity index (χ4v) is 1.79. The second kappa shape index (κ2) is 3.95. The van der Waals surface area contributed by atoms with Crippen molar-refractivity contribution in [3.8, 4) is 0 Å². The first-order valence-corrected chi connectivity index (χ1v) is 5.31. The normalized spacial score (nSPS) is 12.5. The van der Waals surface area contributed by atoms with Gasteiger partial charge >= 0.3 is 5.51 Å². The lowest BCUT2D eigenvalue weighted by Gasteiger charge is -2.08. The van der Waals surface area contributed by atoms with Gasteiger partial charge in [0.05, 0.1) is 4.92 Å². The zero-order valence-electron chi connectivity index (χ0n) is 7.73. The predicted molar refractivity (Wildman–Crippen MR) is 46.3 cm³/mol. The molecule has 0 spiro atoms. The summed E-state index contributed by atoms with van der Waals surface area (Å²) in [7, 11) is -5.94. The number of sulfone groups is 1. The molecule has 0 aliphatic carbocycles. The molecule has 1 aromatic carbocycles. The summed E-state index contributed by atoms with van der Waals surface area (Å²) < 4.78 is 71.0. The average molecular weight is 273 g/mol. The number of non-ortho nitro benzene ring substituents is 1. The maximum Gasteiger partial charge on any atom is 0.502 e. The van der Waals surface area contributed by atoms with Crippen molar-refractivity contribution >= 4 is 15.5 Å². The Bertz CT molecular complexity index is 566. The monoisotopic (exact) mass is 273 g/mol. The Balaban J connectivity index is 3.52. The van der Waals surface area contributed by atoms with Gasteiger partial charge < -0.3 is 0 Å². The van der Waals surface area contributed by atoms with Crippen LogP contribution in [0.5, 0.6) is 0 Å². The van der Waals surface area contributed by atoms with Crippen LogP contribution in [0.4, 0.5) is 23.2 Å². The van der Waals surface area contributed by atoms with E-state index in [1.165, 1.54) is 0 Å². The summed E-state index contributed by atoms with van der Waals surface area (Å²) in [6, 6.07) is 0.875. The number of rotatable bonds is 2. The van der Waals surface area contributed by atoms with E-state index in [1.807, 2.05) is 0 Å². The predicted octanol–water partition coefficient (Wildman–Crippen LogP) is 2.03. The van der Waals surface area contributed by atoms with Crippen LogP contribution in [-0.4, -0.2) is 18.8 Å². The smallest absolute Gasteiger partial charge is 0.258 e. The molecular formula is C7H3F4NO4S. The van der Waals surface area contributed by atoms with Crippen molar-refractivity contribution in [1.29, 1.82) is 0 Å². The molecule has 0 aliphatic heterocycles. The molecule has 0 aromatic heterocycles. The van der Waals surface area contributed by atoms with Crippen molar-refractivity contribution < 1.29 is 30.9 Å². The number of alkyl halides is 3. The number of nitro groups is 1. The third-order valence-corrected chi connectivity index (χ3v) is 3.22. The summed E-state index contributed by atoms with van der Waals surface area (Å²) in [5.74, 6) is -1.70. The number of hydrogen-bond donors (Lipinski definition) is 0. The Morgan fingerprint density at radius 3 is 2.18 bits per heavy atom. The molecule has 0 aliphatic rings. The highest BCUT2D eigenvalue weighted by molar-refractivity contribution is 7.92. The molecule has 1 aromatic rings. The Morgan fingerprint density at radius 2 is 1.76 bits per heavy atom. The van der Waals surface area contributed by atoms with Gasteiger partial charge in [-0.15, -0.1) is 0 Å². The fraction of sp³-hybridized carbons (Fsp3) is 0.143. The van der Waals surface area contributed by atoms with Gasteiger partial charge in [-0.05, 0) is 6.07 Å². The minimum Gasteiger partial charge on any atom is -0.258 e. The molecule has 0 amide bonds. The van der Waals surface area contributed by atoms with E-state index in [9.17, 15) is 36.1 Å². The summed E-state index contributed by atoms with van der Waals surface area (Å²) in [6.07, 6.45) is 0. The van der Waals surface area contributed by atoms with Gasteiger partial charge in [0.15, 0.2) is 0 Å². The molecule has 0 saturated heterocycles. The first-order valence-electron chi connectivity index (χ1n) is 3.82. The lowest BCUT2D eigenvalue weighted by molar-refractivity contribution is -0.385. The standard InChI is InChI=1S/C7H3F4NO4S/c8-5-2-1-4(12(13)14)3-6(5)17(15,16)7(9,10)11/h1-3H. The van der Waals surface area contributed by atoms with E-state index in [1.54, 1.807) is 0 Å². The molecule has 0 N–H and O–H groups in total. The average Bonchev–Trinajstić information content (AvgIpc) is 2.15. The van der Waals surface area contributed by atoms with Gasteiger partial charge in [0.25, 0.3) is 15.5 Å². The maximum absolute atomic E-state index is 13.0. The van der Waals surface area contributed by atoms with Crippen molar-refractivity contribution in [1.82, 2.24) is 0 Å². The third kappa shape index (κ3) is 2.35. The van der Waals surface area contributed by atoms with Gasteiger partial charge in [-0.1, -0.05) is 0 Å². The zero-order chi connectivity index (χ0) is 13.4. The number of hydrogen-bond acceptors (Lipinski definition) is 4. The molecule has 10 heteroatoms. The van der Waals surface area contributed by atoms with E-state index in [2.05, 4.69) is 0 Å². The zero-order valence-corrected chi connectivity index (χ0v) is 8.55. The first-order chi connectivity index (χ1) is 7.57. The van der Waals surface area contributed by atoms with Gasteiger partial charge in [-0.2, -0.15) is 13.2 Å². The molecule has 0 atom stereocenters. The Hall–Kier alpha value is -1.71. The molecule has 0 fully saturated rings. The summed E-state index contributed by atoms with van der Waals surface area (Å²) in [4.78, 5) is 7.35. The summed E-state index contributed by atoms with van der Waals surface area (Å²) >= 11 is 0. The SMILES string of the molecule is O=[N+]([O-])c1ccc(F)c(S(=O)(=O)C(F)(F)F)c1. The van der Waals surface area contributed by atoms with Crippen LogP contribution in [0.25, 0.3) is 0 Å². The van der Waals surface area contributed by atoms with Gasteiger partial charge in [0.2, 0.25) is 0 Å². The van der Waals surface area contributed by atoms with Crippen molar-refractivity contribution in [2.24, 2.45) is 0 Å². The van der Waals surface area contributed by atoms with Crippen LogP contribution in [0, 0.1) is 15.9 Å². The molecular weight excluding hydrogens is 270 g/mol. The highest BCUT2D eigenvalue weighted by Gasteiger charge is 2.48. The van der Waals surface area contributed by atoms with Crippen molar-refractivity contribution in [3.63, 3.8) is 0 Å². The quantitative estimate of drug-likeness (QED) is 0.469. The van der Waals surface area contributed by atoms with Gasteiger partial charge in [-0.25, -0.2) is 12.8 Å². The molecule has 0 radical (unpaired) electrons. The highest BCUT2D eigenvalue weighted by atomic mass is 32.2. The topological polar surface area (TPSA) is 77.3 Å². The van der Waals surface area contributed by atoms with E-state index in [0.29, 0.717) is 6.07 Å². The molecule has 0 saturated carbocycles. The minimum absolute atomic E-state index is 0.0259. The Morgan fingerprint density at radius 1 is 1.24 bits per heavy atom. The Kier molecular flexibility index (Phi) is 3.10. The minimum atomic E-state index is -5.94. The number of nitro benzene ring substituents is 1. The molecule has 0 unspecified atom stereocenters. The molecule has 0 heterocycles. The van der Waals surface area contributed by atoms with E-state index >= 15 is 0 Å². The molecule has 0 bridgehead atoms. The highest BCUT2D eigenvalue weighted by Crippen LogP contribution is 2.33. The summed E-state index contributed by atoms with van der Waals surface area (Å²) in [5, 5.41) is 10.2. The van der Waals surface area contributed by atoms with Crippen LogP contribution >= 0.6 is 0 Å². The number of halogens is 4. The second-order valence-corrected chi connectivity index (χ2v) is 4.73. The van der Waals surface area contributed by atoms with Crippen molar-refractivity contribution in [2.45, 2.75) is 10.4 Å². The van der Waals surface area contributed by atoms with Crippen LogP contribution in [-0.2, 0) is 9.84 Å². The molecule has 17 heavy (non-hydrogen) atoms. The summed E-state index contributed by atoms with van der Waals surface area (Å²) in [5.41, 5.74) is -6.67. The first kappa shape index (κ1) is 13.4. The largest absolute Gasteiger partial charge is 0.502 e. The number of benzene rings is 1. The van der Waals surface area contributed by atoms with Crippen molar-refractivity contribution in [2.75, 3.05) is 0 Å². The molecule has 1 rings (SSSR count). The lowest BCUT2D eigenvalue weighted by atomic mass is 10.3. The van der Waals surface area contributed by atoms with E-state index in [-0.39, 0.29) is 12.1 Å². The maximum atomic E-state index is 13.0. The molecule has 5 nitrogen and oxygen atoms in total. The van der Waals surface area contributed by atoms with E-state index < -0.39 is 36.7 Å². The Labute approximate surface area is 91.7 Å². The lowest BCUT2D eigenvalue weighted by Crippen LogP contribution is -2.24. The van der Waals surface area contributed by atoms with Crippen LogP contribution in [0.1, 0.15) is 0 Å². The van der Waals surface area contributed by atoms with Crippen LogP contribution in [0.15, 0.2) is 23.1 Å². The van der Waals surface area contributed by atoms with Crippen molar-refractivity contribution in [3.05, 3.63) is 34.1 Å². The van der Waals surface area contributed by atoms with E-state index in [4.69, 9.17) is 0 Å². The van der Waals surface area contributed by atoms with Crippen LogP contribution < -0.4 is 0 Å². The van der Waals surface area contributed by atoms with Crippen LogP contribution in [0.3, 0.4) is 0 Å². The second-order valence-electron chi connectivity index (χ2n) is 2.82. The fourth-order valence-electron chi connectivity index (χ4n) is 0.936. The number of nitrogens with zero attached hydrogens (tertiary/aromatic N) is 1. The van der Waals surface area contributed by atoms with E-state index in [0.717, 1.165) is 0 Å². The van der Waals surface area contributed by atoms with Gasteiger partial charge in [0, 0.05) is 12.1 Å². The van der Waals surface area contributed by atoms with Crippen LogP contribution in [0.2, 0.25) is 0 Å². The van der Waals surface area contributed by atoms with Gasteiger partial charge in [-0.3, -0.25) is 10.1 Å². The third-order valence-electron chi connectivity index (χ3n) is 1.72. The van der Waals surface area contributed by atoms with Gasteiger partial charge in [0.1, 0.15) is 10.7 Å².